The number of ether oxygens (including phenoxy) is 1. The molecule has 1 saturated heterocycles. The molecule has 2 atom stereocenters. The van der Waals surface area contributed by atoms with E-state index in [0.29, 0.717) is 11.4 Å². The Bertz CT molecular complexity index is 596. The summed E-state index contributed by atoms with van der Waals surface area (Å²) < 4.78 is 5.52. The van der Waals surface area contributed by atoms with E-state index < -0.39 is 6.10 Å². The zero-order chi connectivity index (χ0) is 15.7. The fraction of sp³-hybridized carbons (Fsp3) is 0.500. The summed E-state index contributed by atoms with van der Waals surface area (Å²) in [6.07, 6.45) is 1.68. The third-order valence-electron chi connectivity index (χ3n) is 4.08. The summed E-state index contributed by atoms with van der Waals surface area (Å²) in [5.74, 6) is 0.603. The average molecular weight is 303 g/mol. The van der Waals surface area contributed by atoms with Gasteiger partial charge in [-0.3, -0.25) is 9.59 Å². The number of fused-ring (bicyclic) bond motifs is 1. The van der Waals surface area contributed by atoms with Gasteiger partial charge < -0.3 is 20.3 Å². The van der Waals surface area contributed by atoms with Gasteiger partial charge >= 0.3 is 0 Å². The van der Waals surface area contributed by atoms with Crippen molar-refractivity contribution in [1.29, 1.82) is 0 Å². The standard InChI is InChI=1S/C16H21N3O3/c1-10(16(21)19-7-3-4-8-19)17-12-5-6-14-13(9-12)18-15(20)11(2)22-14/h5-6,9-11,17H,3-4,7-8H2,1-2H3,(H,18,20). The fourth-order valence-corrected chi connectivity index (χ4v) is 2.82. The van der Waals surface area contributed by atoms with Crippen LogP contribution in [0.25, 0.3) is 0 Å². The molecule has 2 heterocycles. The van der Waals surface area contributed by atoms with Crippen molar-refractivity contribution in [2.45, 2.75) is 38.8 Å². The second-order valence-corrected chi connectivity index (χ2v) is 5.86. The van der Waals surface area contributed by atoms with Crippen LogP contribution in [0.3, 0.4) is 0 Å². The van der Waals surface area contributed by atoms with Gasteiger partial charge in [-0.25, -0.2) is 0 Å². The van der Waals surface area contributed by atoms with Gasteiger partial charge in [-0.15, -0.1) is 0 Å². The zero-order valence-electron chi connectivity index (χ0n) is 12.9. The van der Waals surface area contributed by atoms with Crippen molar-refractivity contribution in [3.05, 3.63) is 18.2 Å². The normalized spacial score (nSPS) is 21.6. The lowest BCUT2D eigenvalue weighted by Gasteiger charge is -2.25. The lowest BCUT2D eigenvalue weighted by atomic mass is 10.2. The molecule has 22 heavy (non-hydrogen) atoms. The van der Waals surface area contributed by atoms with E-state index in [1.54, 1.807) is 19.1 Å². The highest BCUT2D eigenvalue weighted by Gasteiger charge is 2.25. The molecule has 0 aliphatic carbocycles. The van der Waals surface area contributed by atoms with Gasteiger partial charge in [-0.05, 0) is 44.9 Å². The molecule has 6 nitrogen and oxygen atoms in total. The number of amides is 2. The average Bonchev–Trinajstić information content (AvgIpc) is 3.02. The van der Waals surface area contributed by atoms with E-state index in [1.807, 2.05) is 17.9 Å². The van der Waals surface area contributed by atoms with E-state index in [1.165, 1.54) is 0 Å². The first-order valence-corrected chi connectivity index (χ1v) is 7.71. The third-order valence-corrected chi connectivity index (χ3v) is 4.08. The molecular weight excluding hydrogens is 282 g/mol. The van der Waals surface area contributed by atoms with Crippen molar-refractivity contribution in [3.63, 3.8) is 0 Å². The molecule has 2 unspecified atom stereocenters. The summed E-state index contributed by atoms with van der Waals surface area (Å²) in [7, 11) is 0. The number of likely N-dealkylation sites (tertiary alicyclic amines) is 1. The molecule has 1 aromatic rings. The van der Waals surface area contributed by atoms with E-state index in [2.05, 4.69) is 10.6 Å². The predicted molar refractivity (Wildman–Crippen MR) is 84.1 cm³/mol. The Labute approximate surface area is 129 Å². The van der Waals surface area contributed by atoms with Crippen LogP contribution < -0.4 is 15.4 Å². The summed E-state index contributed by atoms with van der Waals surface area (Å²) in [5, 5.41) is 6.00. The zero-order valence-corrected chi connectivity index (χ0v) is 12.9. The van der Waals surface area contributed by atoms with Gasteiger partial charge in [0.2, 0.25) is 5.91 Å². The number of nitrogens with zero attached hydrogens (tertiary/aromatic N) is 1. The summed E-state index contributed by atoms with van der Waals surface area (Å²) in [4.78, 5) is 25.8. The van der Waals surface area contributed by atoms with Crippen LogP contribution >= 0.6 is 0 Å². The number of carbonyl (C=O) groups is 2. The van der Waals surface area contributed by atoms with Crippen molar-refractivity contribution in [1.82, 2.24) is 4.90 Å². The van der Waals surface area contributed by atoms with E-state index in [-0.39, 0.29) is 17.9 Å². The van der Waals surface area contributed by atoms with Crippen molar-refractivity contribution in [2.75, 3.05) is 23.7 Å². The summed E-state index contributed by atoms with van der Waals surface area (Å²) in [6.45, 7) is 5.26. The molecule has 6 heteroatoms. The molecule has 1 aromatic carbocycles. The van der Waals surface area contributed by atoms with Crippen LogP contribution in [0, 0.1) is 0 Å². The van der Waals surface area contributed by atoms with Crippen molar-refractivity contribution in [3.8, 4) is 5.75 Å². The lowest BCUT2D eigenvalue weighted by Crippen LogP contribution is -2.39. The number of anilines is 2. The first kappa shape index (κ1) is 14.7. The number of benzene rings is 1. The molecule has 2 aliphatic rings. The quantitative estimate of drug-likeness (QED) is 0.893. The Morgan fingerprint density at radius 3 is 2.86 bits per heavy atom. The number of carbonyl (C=O) groups excluding carboxylic acids is 2. The lowest BCUT2D eigenvalue weighted by molar-refractivity contribution is -0.130. The summed E-state index contributed by atoms with van der Waals surface area (Å²) >= 11 is 0. The molecule has 2 aliphatic heterocycles. The number of rotatable bonds is 3. The van der Waals surface area contributed by atoms with Gasteiger partial charge in [0.25, 0.3) is 5.91 Å². The minimum absolute atomic E-state index is 0.115. The molecule has 118 valence electrons. The molecule has 0 bridgehead atoms. The highest BCUT2D eigenvalue weighted by atomic mass is 16.5. The van der Waals surface area contributed by atoms with Crippen LogP contribution in [0.1, 0.15) is 26.7 Å². The predicted octanol–water partition coefficient (Wildman–Crippen LogP) is 1.83. The minimum Gasteiger partial charge on any atom is -0.479 e. The maximum Gasteiger partial charge on any atom is 0.265 e. The SMILES string of the molecule is CC(Nc1ccc2c(c1)NC(=O)C(C)O2)C(=O)N1CCCC1. The molecule has 2 N–H and O–H groups in total. The van der Waals surface area contributed by atoms with Crippen molar-refractivity contribution < 1.29 is 14.3 Å². The highest BCUT2D eigenvalue weighted by Crippen LogP contribution is 2.32. The molecule has 3 rings (SSSR count). The Balaban J connectivity index is 1.69. The van der Waals surface area contributed by atoms with Crippen molar-refractivity contribution >= 4 is 23.2 Å². The molecule has 1 fully saturated rings. The molecule has 0 radical (unpaired) electrons. The second-order valence-electron chi connectivity index (χ2n) is 5.86. The third kappa shape index (κ3) is 2.86. The van der Waals surface area contributed by atoms with Crippen LogP contribution in [0.4, 0.5) is 11.4 Å². The Morgan fingerprint density at radius 1 is 1.41 bits per heavy atom. The minimum atomic E-state index is -0.484. The monoisotopic (exact) mass is 303 g/mol. The second kappa shape index (κ2) is 5.87. The van der Waals surface area contributed by atoms with Crippen molar-refractivity contribution in [2.24, 2.45) is 0 Å². The van der Waals surface area contributed by atoms with E-state index in [9.17, 15) is 9.59 Å². The summed E-state index contributed by atoms with van der Waals surface area (Å²) in [6, 6.07) is 5.17. The highest BCUT2D eigenvalue weighted by molar-refractivity contribution is 5.98. The van der Waals surface area contributed by atoms with E-state index in [4.69, 9.17) is 4.74 Å². The van der Waals surface area contributed by atoms with Gasteiger partial charge in [0.15, 0.2) is 6.10 Å². The largest absolute Gasteiger partial charge is 0.479 e. The van der Waals surface area contributed by atoms with E-state index in [0.717, 1.165) is 31.6 Å². The molecule has 0 aromatic heterocycles. The topological polar surface area (TPSA) is 70.7 Å². The maximum absolute atomic E-state index is 12.3. The molecule has 0 saturated carbocycles. The number of hydrogen-bond donors (Lipinski definition) is 2. The van der Waals surface area contributed by atoms with Crippen LogP contribution in [0.2, 0.25) is 0 Å². The molecule has 2 amide bonds. The Morgan fingerprint density at radius 2 is 2.14 bits per heavy atom. The number of nitrogens with one attached hydrogen (secondary N) is 2. The maximum atomic E-state index is 12.3. The first-order chi connectivity index (χ1) is 10.5. The Hall–Kier alpha value is -2.24. The van der Waals surface area contributed by atoms with E-state index >= 15 is 0 Å². The summed E-state index contributed by atoms with van der Waals surface area (Å²) in [5.41, 5.74) is 1.42. The smallest absolute Gasteiger partial charge is 0.265 e. The number of hydrogen-bond acceptors (Lipinski definition) is 4. The van der Waals surface area contributed by atoms with Crippen LogP contribution in [-0.2, 0) is 9.59 Å². The van der Waals surface area contributed by atoms with Gasteiger partial charge in [0.1, 0.15) is 11.8 Å². The van der Waals surface area contributed by atoms with Gasteiger partial charge in [0, 0.05) is 18.8 Å². The molecular formula is C16H21N3O3. The first-order valence-electron chi connectivity index (χ1n) is 7.71. The van der Waals surface area contributed by atoms with Gasteiger partial charge in [0.05, 0.1) is 5.69 Å². The molecule has 0 spiro atoms. The Kier molecular flexibility index (Phi) is 3.92. The fourth-order valence-electron chi connectivity index (χ4n) is 2.82. The van der Waals surface area contributed by atoms with Crippen LogP contribution in [0.5, 0.6) is 5.75 Å². The van der Waals surface area contributed by atoms with Gasteiger partial charge in [-0.2, -0.15) is 0 Å². The van der Waals surface area contributed by atoms with Crippen LogP contribution in [-0.4, -0.2) is 41.9 Å². The van der Waals surface area contributed by atoms with Gasteiger partial charge in [-0.1, -0.05) is 0 Å². The van der Waals surface area contributed by atoms with Crippen LogP contribution in [0.15, 0.2) is 18.2 Å².